The van der Waals surface area contributed by atoms with Crippen LogP contribution in [0.25, 0.3) is 0 Å². The zero-order valence-corrected chi connectivity index (χ0v) is 16.0. The number of aromatic nitrogens is 1. The van der Waals surface area contributed by atoms with Gasteiger partial charge in [0.2, 0.25) is 5.91 Å². The van der Waals surface area contributed by atoms with Crippen LogP contribution in [0.2, 0.25) is 0 Å². The number of hydrogen-bond donors (Lipinski definition) is 2. The smallest absolute Gasteiger partial charge is 0.368 e. The maximum Gasteiger partial charge on any atom is 0.419 e. The molecular formula is C20H25F3N4O. The summed E-state index contributed by atoms with van der Waals surface area (Å²) in [5.74, 6) is -0.429. The van der Waals surface area contributed by atoms with Gasteiger partial charge in [-0.3, -0.25) is 9.69 Å². The number of carbonyl (C=O) groups is 1. The monoisotopic (exact) mass is 394 g/mol. The van der Waals surface area contributed by atoms with E-state index in [1.807, 2.05) is 49.1 Å². The van der Waals surface area contributed by atoms with Gasteiger partial charge in [0, 0.05) is 19.3 Å². The topological polar surface area (TPSA) is 57.3 Å². The lowest BCUT2D eigenvalue weighted by molar-refractivity contribution is -0.137. The second kappa shape index (κ2) is 10.1. The van der Waals surface area contributed by atoms with E-state index in [0.717, 1.165) is 11.6 Å². The van der Waals surface area contributed by atoms with E-state index in [1.165, 1.54) is 12.3 Å². The highest BCUT2D eigenvalue weighted by atomic mass is 19.4. The molecule has 8 heteroatoms. The first-order valence-electron chi connectivity index (χ1n) is 9.21. The molecule has 1 heterocycles. The summed E-state index contributed by atoms with van der Waals surface area (Å²) >= 11 is 0. The van der Waals surface area contributed by atoms with Gasteiger partial charge < -0.3 is 10.6 Å². The molecule has 2 N–H and O–H groups in total. The minimum absolute atomic E-state index is 0.131. The first-order chi connectivity index (χ1) is 13.4. The zero-order valence-electron chi connectivity index (χ0n) is 16.0. The van der Waals surface area contributed by atoms with Crippen LogP contribution < -0.4 is 10.6 Å². The molecule has 152 valence electrons. The Labute approximate surface area is 163 Å². The first-order valence-corrected chi connectivity index (χ1v) is 9.21. The van der Waals surface area contributed by atoms with E-state index in [4.69, 9.17) is 0 Å². The molecule has 0 radical (unpaired) electrons. The second-order valence-corrected chi connectivity index (χ2v) is 6.15. The van der Waals surface area contributed by atoms with Crippen molar-refractivity contribution in [2.45, 2.75) is 26.1 Å². The average Bonchev–Trinajstić information content (AvgIpc) is 2.69. The van der Waals surface area contributed by atoms with Gasteiger partial charge in [0.05, 0.1) is 5.56 Å². The van der Waals surface area contributed by atoms with Crippen LogP contribution in [0, 0.1) is 0 Å². The molecule has 5 nitrogen and oxygen atoms in total. The summed E-state index contributed by atoms with van der Waals surface area (Å²) in [5, 5.41) is 5.46. The molecule has 1 aromatic carbocycles. The molecule has 0 aliphatic rings. The Morgan fingerprint density at radius 3 is 2.36 bits per heavy atom. The number of anilines is 1. The van der Waals surface area contributed by atoms with Gasteiger partial charge in [-0.1, -0.05) is 44.2 Å². The van der Waals surface area contributed by atoms with Crippen molar-refractivity contribution in [1.82, 2.24) is 15.2 Å². The minimum Gasteiger partial charge on any atom is -0.368 e. The summed E-state index contributed by atoms with van der Waals surface area (Å²) in [7, 11) is 0. The third-order valence-corrected chi connectivity index (χ3v) is 4.37. The second-order valence-electron chi connectivity index (χ2n) is 6.15. The van der Waals surface area contributed by atoms with Gasteiger partial charge in [-0.25, -0.2) is 4.98 Å². The largest absolute Gasteiger partial charge is 0.419 e. The van der Waals surface area contributed by atoms with E-state index in [-0.39, 0.29) is 24.8 Å². The number of carbonyl (C=O) groups excluding carboxylic acids is 1. The molecule has 1 unspecified atom stereocenters. The molecule has 0 saturated heterocycles. The van der Waals surface area contributed by atoms with Crippen LogP contribution in [0.3, 0.4) is 0 Å². The third kappa shape index (κ3) is 5.69. The quantitative estimate of drug-likeness (QED) is 0.637. The molecule has 1 aromatic heterocycles. The number of halogens is 3. The molecule has 0 fully saturated rings. The normalized spacial score (nSPS) is 12.6. The van der Waals surface area contributed by atoms with E-state index in [9.17, 15) is 18.0 Å². The fourth-order valence-electron chi connectivity index (χ4n) is 2.99. The maximum atomic E-state index is 13.0. The molecule has 1 atom stereocenters. The van der Waals surface area contributed by atoms with Gasteiger partial charge in [-0.05, 0) is 30.8 Å². The lowest BCUT2D eigenvalue weighted by Crippen LogP contribution is -2.42. The van der Waals surface area contributed by atoms with Crippen LogP contribution in [-0.2, 0) is 11.0 Å². The van der Waals surface area contributed by atoms with Gasteiger partial charge in [-0.15, -0.1) is 0 Å². The van der Waals surface area contributed by atoms with Crippen molar-refractivity contribution in [3.8, 4) is 0 Å². The molecule has 28 heavy (non-hydrogen) atoms. The summed E-state index contributed by atoms with van der Waals surface area (Å²) in [4.78, 5) is 18.5. The minimum atomic E-state index is -4.49. The Morgan fingerprint density at radius 2 is 1.75 bits per heavy atom. The zero-order chi connectivity index (χ0) is 20.6. The fourth-order valence-corrected chi connectivity index (χ4v) is 2.99. The van der Waals surface area contributed by atoms with Crippen LogP contribution in [0.4, 0.5) is 19.0 Å². The summed E-state index contributed by atoms with van der Waals surface area (Å²) in [6.45, 7) is 5.67. The Bertz CT molecular complexity index is 749. The highest BCUT2D eigenvalue weighted by Crippen LogP contribution is 2.33. The molecule has 0 bridgehead atoms. The van der Waals surface area contributed by atoms with Gasteiger partial charge in [0.25, 0.3) is 0 Å². The van der Waals surface area contributed by atoms with Gasteiger partial charge in [0.15, 0.2) is 0 Å². The highest BCUT2D eigenvalue weighted by Gasteiger charge is 2.34. The molecule has 2 aromatic rings. The van der Waals surface area contributed by atoms with Gasteiger partial charge in [0.1, 0.15) is 11.9 Å². The van der Waals surface area contributed by atoms with E-state index in [1.54, 1.807) is 0 Å². The van der Waals surface area contributed by atoms with Crippen molar-refractivity contribution in [1.29, 1.82) is 0 Å². The number of alkyl halides is 3. The number of hydrogen-bond acceptors (Lipinski definition) is 4. The Hall–Kier alpha value is -2.61. The first kappa shape index (κ1) is 21.7. The standard InChI is InChI=1S/C20H25F3N4O/c1-3-27(4-2)17(15-9-6-5-7-10-15)19(28)26-14-13-25-18-16(20(21,22)23)11-8-12-24-18/h5-12,17H,3-4,13-14H2,1-2H3,(H,24,25)(H,26,28). The summed E-state index contributed by atoms with van der Waals surface area (Å²) in [6.07, 6.45) is -3.19. The number of nitrogens with one attached hydrogen (secondary N) is 2. The average molecular weight is 394 g/mol. The van der Waals surface area contributed by atoms with E-state index < -0.39 is 17.8 Å². The molecule has 0 saturated carbocycles. The molecule has 0 spiro atoms. The fraction of sp³-hybridized carbons (Fsp3) is 0.400. The van der Waals surface area contributed by atoms with Gasteiger partial charge in [-0.2, -0.15) is 13.2 Å². The lowest BCUT2D eigenvalue weighted by atomic mass is 10.0. The molecular weight excluding hydrogens is 369 g/mol. The molecule has 1 amide bonds. The predicted molar refractivity (Wildman–Crippen MR) is 103 cm³/mol. The van der Waals surface area contributed by atoms with Crippen LogP contribution in [0.15, 0.2) is 48.7 Å². The van der Waals surface area contributed by atoms with Crippen LogP contribution in [0.1, 0.15) is 31.0 Å². The third-order valence-electron chi connectivity index (χ3n) is 4.37. The van der Waals surface area contributed by atoms with Gasteiger partial charge >= 0.3 is 6.18 Å². The van der Waals surface area contributed by atoms with Crippen LogP contribution in [-0.4, -0.2) is 42.0 Å². The van der Waals surface area contributed by atoms with E-state index in [2.05, 4.69) is 15.6 Å². The summed E-state index contributed by atoms with van der Waals surface area (Å²) in [5.41, 5.74) is 0.0485. The molecule has 2 rings (SSSR count). The maximum absolute atomic E-state index is 13.0. The van der Waals surface area contributed by atoms with Crippen molar-refractivity contribution >= 4 is 11.7 Å². The SMILES string of the molecule is CCN(CC)C(C(=O)NCCNc1ncccc1C(F)(F)F)c1ccccc1. The lowest BCUT2D eigenvalue weighted by Gasteiger charge is -2.29. The summed E-state index contributed by atoms with van der Waals surface area (Å²) in [6, 6.07) is 11.2. The number of likely N-dealkylation sites (N-methyl/N-ethyl adjacent to an activating group) is 1. The molecule has 0 aliphatic heterocycles. The number of amides is 1. The number of pyridine rings is 1. The number of nitrogens with zero attached hydrogens (tertiary/aromatic N) is 2. The summed E-state index contributed by atoms with van der Waals surface area (Å²) < 4.78 is 39.0. The van der Waals surface area contributed by atoms with Crippen molar-refractivity contribution in [2.24, 2.45) is 0 Å². The van der Waals surface area contributed by atoms with Crippen molar-refractivity contribution in [3.05, 3.63) is 59.8 Å². The Balaban J connectivity index is 1.99. The predicted octanol–water partition coefficient (Wildman–Crippen LogP) is 3.71. The van der Waals surface area contributed by atoms with Crippen LogP contribution in [0.5, 0.6) is 0 Å². The highest BCUT2D eigenvalue weighted by molar-refractivity contribution is 5.83. The van der Waals surface area contributed by atoms with E-state index in [0.29, 0.717) is 13.1 Å². The Morgan fingerprint density at radius 1 is 1.07 bits per heavy atom. The number of benzene rings is 1. The Kier molecular flexibility index (Phi) is 7.80. The van der Waals surface area contributed by atoms with E-state index >= 15 is 0 Å². The molecule has 0 aliphatic carbocycles. The van der Waals surface area contributed by atoms with Crippen molar-refractivity contribution in [2.75, 3.05) is 31.5 Å². The number of rotatable bonds is 9. The van der Waals surface area contributed by atoms with Crippen molar-refractivity contribution in [3.63, 3.8) is 0 Å². The van der Waals surface area contributed by atoms with Crippen molar-refractivity contribution < 1.29 is 18.0 Å². The van der Waals surface area contributed by atoms with Crippen LogP contribution >= 0.6 is 0 Å².